The third-order valence-corrected chi connectivity index (χ3v) is 2.87. The van der Waals surface area contributed by atoms with E-state index in [1.807, 2.05) is 25.1 Å². The average molecular weight is 284 g/mol. The zero-order valence-corrected chi connectivity index (χ0v) is 11.9. The molecule has 0 amide bonds. The average Bonchev–Trinajstić information content (AvgIpc) is 2.48. The van der Waals surface area contributed by atoms with Crippen LogP contribution in [0.3, 0.4) is 0 Å². The SMILES string of the molecule is C/C(=C\c1cccc(OC(C)C(=O)O)c1)c1cnccn1. The summed E-state index contributed by atoms with van der Waals surface area (Å²) in [7, 11) is 0. The van der Waals surface area contributed by atoms with Gasteiger partial charge < -0.3 is 9.84 Å². The highest BCUT2D eigenvalue weighted by atomic mass is 16.5. The van der Waals surface area contributed by atoms with E-state index < -0.39 is 12.1 Å². The summed E-state index contributed by atoms with van der Waals surface area (Å²) in [6.45, 7) is 3.44. The monoisotopic (exact) mass is 284 g/mol. The molecule has 0 bridgehead atoms. The van der Waals surface area contributed by atoms with Gasteiger partial charge in [0.15, 0.2) is 6.10 Å². The number of allylic oxidation sites excluding steroid dienone is 1. The van der Waals surface area contributed by atoms with Crippen molar-refractivity contribution in [2.75, 3.05) is 0 Å². The van der Waals surface area contributed by atoms with Crippen LogP contribution in [0.1, 0.15) is 25.1 Å². The predicted octanol–water partition coefficient (Wildman–Crippen LogP) is 2.89. The maximum atomic E-state index is 10.8. The fourth-order valence-electron chi connectivity index (χ4n) is 1.76. The van der Waals surface area contributed by atoms with Crippen LogP contribution in [0.4, 0.5) is 0 Å². The smallest absolute Gasteiger partial charge is 0.344 e. The Labute approximate surface area is 122 Å². The summed E-state index contributed by atoms with van der Waals surface area (Å²) in [4.78, 5) is 19.1. The van der Waals surface area contributed by atoms with Gasteiger partial charge in [0.25, 0.3) is 0 Å². The van der Waals surface area contributed by atoms with Gasteiger partial charge in [0.1, 0.15) is 5.75 Å². The fraction of sp³-hybridized carbons (Fsp3) is 0.188. The van der Waals surface area contributed by atoms with Crippen LogP contribution < -0.4 is 4.74 Å². The first-order chi connectivity index (χ1) is 10.1. The second-order valence-corrected chi connectivity index (χ2v) is 4.59. The highest BCUT2D eigenvalue weighted by Crippen LogP contribution is 2.19. The third kappa shape index (κ3) is 4.14. The number of aromatic nitrogens is 2. The Bertz CT molecular complexity index is 654. The minimum atomic E-state index is -0.994. The van der Waals surface area contributed by atoms with Gasteiger partial charge in [-0.15, -0.1) is 0 Å². The van der Waals surface area contributed by atoms with Crippen LogP contribution in [0.5, 0.6) is 5.75 Å². The molecule has 5 heteroatoms. The lowest BCUT2D eigenvalue weighted by atomic mass is 10.1. The summed E-state index contributed by atoms with van der Waals surface area (Å²) < 4.78 is 5.35. The third-order valence-electron chi connectivity index (χ3n) is 2.87. The zero-order valence-electron chi connectivity index (χ0n) is 11.9. The van der Waals surface area contributed by atoms with Crippen molar-refractivity contribution in [1.29, 1.82) is 0 Å². The fourth-order valence-corrected chi connectivity index (χ4v) is 1.76. The molecule has 0 aliphatic rings. The summed E-state index contributed by atoms with van der Waals surface area (Å²) in [6.07, 6.45) is 6.02. The molecule has 0 saturated carbocycles. The summed E-state index contributed by atoms with van der Waals surface area (Å²) in [6, 6.07) is 7.26. The normalized spacial score (nSPS) is 12.8. The van der Waals surface area contributed by atoms with E-state index in [-0.39, 0.29) is 0 Å². The number of nitrogens with zero attached hydrogens (tertiary/aromatic N) is 2. The van der Waals surface area contributed by atoms with Crippen molar-refractivity contribution in [1.82, 2.24) is 9.97 Å². The van der Waals surface area contributed by atoms with Crippen LogP contribution in [0, 0.1) is 0 Å². The molecule has 108 valence electrons. The molecule has 1 aromatic heterocycles. The van der Waals surface area contributed by atoms with Crippen LogP contribution in [0.15, 0.2) is 42.9 Å². The summed E-state index contributed by atoms with van der Waals surface area (Å²) in [5.41, 5.74) is 2.67. The number of rotatable bonds is 5. The lowest BCUT2D eigenvalue weighted by molar-refractivity contribution is -0.144. The first-order valence-electron chi connectivity index (χ1n) is 6.50. The standard InChI is InChI=1S/C16H16N2O3/c1-11(15-10-17-6-7-18-15)8-13-4-3-5-14(9-13)21-12(2)16(19)20/h3-10,12H,1-2H3,(H,19,20)/b11-8+. The number of carbonyl (C=O) groups is 1. The molecule has 0 aliphatic carbocycles. The topological polar surface area (TPSA) is 72.3 Å². The van der Waals surface area contributed by atoms with Crippen LogP contribution in [-0.4, -0.2) is 27.1 Å². The Morgan fingerprint density at radius 1 is 1.38 bits per heavy atom. The van der Waals surface area contributed by atoms with E-state index >= 15 is 0 Å². The second-order valence-electron chi connectivity index (χ2n) is 4.59. The largest absolute Gasteiger partial charge is 0.479 e. The van der Waals surface area contributed by atoms with Crippen molar-refractivity contribution in [3.63, 3.8) is 0 Å². The molecule has 2 aromatic rings. The van der Waals surface area contributed by atoms with Crippen molar-refractivity contribution in [2.45, 2.75) is 20.0 Å². The van der Waals surface area contributed by atoms with Crippen LogP contribution in [0.25, 0.3) is 11.6 Å². The Morgan fingerprint density at radius 3 is 2.86 bits per heavy atom. The van der Waals surface area contributed by atoms with Gasteiger partial charge in [-0.05, 0) is 43.2 Å². The Kier molecular flexibility index (Phi) is 4.66. The summed E-state index contributed by atoms with van der Waals surface area (Å²) in [5.74, 6) is -0.475. The first kappa shape index (κ1) is 14.7. The lowest BCUT2D eigenvalue weighted by Crippen LogP contribution is -2.22. The molecule has 1 unspecified atom stereocenters. The van der Waals surface area contributed by atoms with E-state index in [0.29, 0.717) is 5.75 Å². The van der Waals surface area contributed by atoms with Crippen LogP contribution >= 0.6 is 0 Å². The van der Waals surface area contributed by atoms with Gasteiger partial charge in [-0.1, -0.05) is 12.1 Å². The van der Waals surface area contributed by atoms with Gasteiger partial charge in [-0.3, -0.25) is 9.97 Å². The van der Waals surface area contributed by atoms with E-state index in [1.165, 1.54) is 6.92 Å². The molecule has 0 saturated heterocycles. The van der Waals surface area contributed by atoms with Crippen molar-refractivity contribution in [3.05, 3.63) is 54.1 Å². The first-order valence-corrected chi connectivity index (χ1v) is 6.50. The van der Waals surface area contributed by atoms with E-state index in [1.54, 1.807) is 30.7 Å². The number of carboxylic acids is 1. The lowest BCUT2D eigenvalue weighted by Gasteiger charge is -2.10. The number of benzene rings is 1. The molecule has 21 heavy (non-hydrogen) atoms. The molecule has 2 rings (SSSR count). The zero-order chi connectivity index (χ0) is 15.2. The summed E-state index contributed by atoms with van der Waals surface area (Å²) in [5, 5.41) is 8.85. The Morgan fingerprint density at radius 2 is 2.19 bits per heavy atom. The van der Waals surface area contributed by atoms with Gasteiger partial charge in [0.2, 0.25) is 0 Å². The number of hydrogen-bond donors (Lipinski definition) is 1. The molecule has 5 nitrogen and oxygen atoms in total. The summed E-state index contributed by atoms with van der Waals surface area (Å²) >= 11 is 0. The molecule has 0 fully saturated rings. The minimum absolute atomic E-state index is 0.519. The molecule has 0 aliphatic heterocycles. The Hall–Kier alpha value is -2.69. The number of ether oxygens (including phenoxy) is 1. The van der Waals surface area contributed by atoms with Crippen molar-refractivity contribution in [3.8, 4) is 5.75 Å². The Balaban J connectivity index is 2.20. The molecule has 0 radical (unpaired) electrons. The molecule has 1 aromatic carbocycles. The quantitative estimate of drug-likeness (QED) is 0.914. The van der Waals surface area contributed by atoms with Gasteiger partial charge in [0.05, 0.1) is 11.9 Å². The number of carboxylic acid groups (broad SMARTS) is 1. The van der Waals surface area contributed by atoms with Crippen molar-refractivity contribution in [2.24, 2.45) is 0 Å². The van der Waals surface area contributed by atoms with E-state index in [0.717, 1.165) is 16.8 Å². The second kappa shape index (κ2) is 6.65. The number of hydrogen-bond acceptors (Lipinski definition) is 4. The van der Waals surface area contributed by atoms with Crippen LogP contribution in [-0.2, 0) is 4.79 Å². The van der Waals surface area contributed by atoms with Crippen LogP contribution in [0.2, 0.25) is 0 Å². The maximum Gasteiger partial charge on any atom is 0.344 e. The molecule has 0 spiro atoms. The van der Waals surface area contributed by atoms with E-state index in [9.17, 15) is 4.79 Å². The van der Waals surface area contributed by atoms with Gasteiger partial charge in [0, 0.05) is 12.4 Å². The molecule has 1 N–H and O–H groups in total. The molecule has 1 heterocycles. The van der Waals surface area contributed by atoms with Crippen molar-refractivity contribution >= 4 is 17.6 Å². The van der Waals surface area contributed by atoms with Gasteiger partial charge >= 0.3 is 5.97 Å². The van der Waals surface area contributed by atoms with Crippen molar-refractivity contribution < 1.29 is 14.6 Å². The maximum absolute atomic E-state index is 10.8. The molecule has 1 atom stereocenters. The van der Waals surface area contributed by atoms with Gasteiger partial charge in [-0.25, -0.2) is 4.79 Å². The molecular formula is C16H16N2O3. The van der Waals surface area contributed by atoms with Gasteiger partial charge in [-0.2, -0.15) is 0 Å². The highest BCUT2D eigenvalue weighted by molar-refractivity contribution is 5.78. The minimum Gasteiger partial charge on any atom is -0.479 e. The predicted molar refractivity (Wildman–Crippen MR) is 79.7 cm³/mol. The van der Waals surface area contributed by atoms with E-state index in [4.69, 9.17) is 9.84 Å². The molecular weight excluding hydrogens is 268 g/mol. The van der Waals surface area contributed by atoms with E-state index in [2.05, 4.69) is 9.97 Å². The highest BCUT2D eigenvalue weighted by Gasteiger charge is 2.12. The number of aliphatic carboxylic acids is 1.